The fraction of sp³-hybridized carbons (Fsp3) is 0.368. The minimum Gasteiger partial charge on any atom is -0.329 e. The summed E-state index contributed by atoms with van der Waals surface area (Å²) in [6.07, 6.45) is 2.34. The first kappa shape index (κ1) is 15.7. The monoisotopic (exact) mass is 282 g/mol. The maximum atomic E-state index is 5.85. The van der Waals surface area contributed by atoms with Crippen molar-refractivity contribution in [2.75, 3.05) is 13.1 Å². The summed E-state index contributed by atoms with van der Waals surface area (Å²) >= 11 is 0. The number of nitrogens with zero attached hydrogens (tertiary/aromatic N) is 1. The molecule has 21 heavy (non-hydrogen) atoms. The molecule has 2 nitrogen and oxygen atoms in total. The first-order chi connectivity index (χ1) is 10.3. The quantitative estimate of drug-likeness (QED) is 0.793. The van der Waals surface area contributed by atoms with Gasteiger partial charge in [-0.15, -0.1) is 0 Å². The average Bonchev–Trinajstić information content (AvgIpc) is 2.54. The highest BCUT2D eigenvalue weighted by molar-refractivity contribution is 5.20. The average molecular weight is 282 g/mol. The van der Waals surface area contributed by atoms with Crippen molar-refractivity contribution < 1.29 is 0 Å². The van der Waals surface area contributed by atoms with Gasteiger partial charge in [0.15, 0.2) is 0 Å². The molecule has 0 amide bonds. The molecule has 2 N–H and O–H groups in total. The zero-order chi connectivity index (χ0) is 14.9. The standard InChI is InChI=1S/C19H26N2/c1-2-9-19(18-12-7-4-8-13-18)21(15-14-20)16-17-10-5-3-6-11-17/h3-8,10-13,19H,2,9,14-16,20H2,1H3. The summed E-state index contributed by atoms with van der Waals surface area (Å²) in [6, 6.07) is 21.9. The minimum absolute atomic E-state index is 0.444. The number of nitrogens with two attached hydrogens (primary N) is 1. The Morgan fingerprint density at radius 2 is 1.57 bits per heavy atom. The van der Waals surface area contributed by atoms with Crippen LogP contribution in [0, 0.1) is 0 Å². The lowest BCUT2D eigenvalue weighted by atomic mass is 9.99. The molecule has 0 aromatic heterocycles. The van der Waals surface area contributed by atoms with E-state index in [1.54, 1.807) is 0 Å². The number of hydrogen-bond acceptors (Lipinski definition) is 2. The Balaban J connectivity index is 2.20. The van der Waals surface area contributed by atoms with Gasteiger partial charge in [-0.1, -0.05) is 74.0 Å². The largest absolute Gasteiger partial charge is 0.329 e. The molecule has 0 bridgehead atoms. The van der Waals surface area contributed by atoms with E-state index in [4.69, 9.17) is 5.73 Å². The summed E-state index contributed by atoms with van der Waals surface area (Å²) in [5.74, 6) is 0. The van der Waals surface area contributed by atoms with Gasteiger partial charge in [0.25, 0.3) is 0 Å². The Hall–Kier alpha value is -1.64. The van der Waals surface area contributed by atoms with E-state index in [1.807, 2.05) is 0 Å². The summed E-state index contributed by atoms with van der Waals surface area (Å²) in [6.45, 7) is 4.82. The van der Waals surface area contributed by atoms with Crippen molar-refractivity contribution in [1.82, 2.24) is 4.90 Å². The third-order valence-electron chi connectivity index (χ3n) is 3.83. The van der Waals surface area contributed by atoms with Crippen molar-refractivity contribution >= 4 is 0 Å². The maximum absolute atomic E-state index is 5.85. The van der Waals surface area contributed by atoms with Gasteiger partial charge >= 0.3 is 0 Å². The van der Waals surface area contributed by atoms with E-state index in [1.165, 1.54) is 17.5 Å². The molecule has 2 rings (SSSR count). The molecule has 0 spiro atoms. The normalized spacial score (nSPS) is 12.5. The molecule has 112 valence electrons. The highest BCUT2D eigenvalue weighted by atomic mass is 15.2. The van der Waals surface area contributed by atoms with Gasteiger partial charge in [0, 0.05) is 25.7 Å². The van der Waals surface area contributed by atoms with Crippen molar-refractivity contribution in [3.8, 4) is 0 Å². The molecule has 1 unspecified atom stereocenters. The minimum atomic E-state index is 0.444. The van der Waals surface area contributed by atoms with Crippen LogP contribution in [0.5, 0.6) is 0 Å². The SMILES string of the molecule is CCCC(c1ccccc1)N(CCN)Cc1ccccc1. The van der Waals surface area contributed by atoms with Crippen LogP contribution in [0.3, 0.4) is 0 Å². The molecule has 0 aliphatic rings. The smallest absolute Gasteiger partial charge is 0.0352 e. The predicted octanol–water partition coefficient (Wildman–Crippen LogP) is 3.99. The third-order valence-corrected chi connectivity index (χ3v) is 3.83. The van der Waals surface area contributed by atoms with Gasteiger partial charge in [0.1, 0.15) is 0 Å². The van der Waals surface area contributed by atoms with Gasteiger partial charge < -0.3 is 5.73 Å². The predicted molar refractivity (Wildman–Crippen MR) is 90.0 cm³/mol. The zero-order valence-corrected chi connectivity index (χ0v) is 12.9. The van der Waals surface area contributed by atoms with Gasteiger partial charge in [0.05, 0.1) is 0 Å². The highest BCUT2D eigenvalue weighted by Crippen LogP contribution is 2.27. The lowest BCUT2D eigenvalue weighted by molar-refractivity contribution is 0.183. The first-order valence-electron chi connectivity index (χ1n) is 7.88. The summed E-state index contributed by atoms with van der Waals surface area (Å²) in [5.41, 5.74) is 8.60. The fourth-order valence-electron chi connectivity index (χ4n) is 2.84. The molecule has 0 heterocycles. The van der Waals surface area contributed by atoms with E-state index in [0.717, 1.165) is 19.5 Å². The van der Waals surface area contributed by atoms with Crippen molar-refractivity contribution in [3.63, 3.8) is 0 Å². The second kappa shape index (κ2) is 8.60. The van der Waals surface area contributed by atoms with Gasteiger partial charge in [-0.3, -0.25) is 4.90 Å². The number of rotatable bonds is 8. The second-order valence-electron chi connectivity index (χ2n) is 5.46. The van der Waals surface area contributed by atoms with Crippen molar-refractivity contribution in [3.05, 3.63) is 71.8 Å². The lowest BCUT2D eigenvalue weighted by Crippen LogP contribution is -2.33. The molecule has 0 fully saturated rings. The summed E-state index contributed by atoms with van der Waals surface area (Å²) in [4.78, 5) is 2.51. The molecule has 0 radical (unpaired) electrons. The van der Waals surface area contributed by atoms with Crippen LogP contribution in [0.25, 0.3) is 0 Å². The number of benzene rings is 2. The molecule has 2 heteroatoms. The molecule has 0 saturated carbocycles. The van der Waals surface area contributed by atoms with E-state index in [2.05, 4.69) is 72.5 Å². The maximum Gasteiger partial charge on any atom is 0.0352 e. The van der Waals surface area contributed by atoms with Crippen LogP contribution < -0.4 is 5.73 Å². The van der Waals surface area contributed by atoms with Crippen LogP contribution in [0.1, 0.15) is 36.9 Å². The Kier molecular flexibility index (Phi) is 6.45. The Bertz CT molecular complexity index is 495. The molecule has 1 atom stereocenters. The topological polar surface area (TPSA) is 29.3 Å². The fourth-order valence-corrected chi connectivity index (χ4v) is 2.84. The van der Waals surface area contributed by atoms with E-state index in [9.17, 15) is 0 Å². The Morgan fingerprint density at radius 3 is 2.14 bits per heavy atom. The first-order valence-corrected chi connectivity index (χ1v) is 7.88. The third kappa shape index (κ3) is 4.69. The highest BCUT2D eigenvalue weighted by Gasteiger charge is 2.19. The van der Waals surface area contributed by atoms with Gasteiger partial charge in [0.2, 0.25) is 0 Å². The molecule has 0 aliphatic heterocycles. The molecule has 0 aliphatic carbocycles. The van der Waals surface area contributed by atoms with Crippen molar-refractivity contribution in [1.29, 1.82) is 0 Å². The van der Waals surface area contributed by atoms with E-state index >= 15 is 0 Å². The van der Waals surface area contributed by atoms with E-state index in [0.29, 0.717) is 12.6 Å². The number of hydrogen-bond donors (Lipinski definition) is 1. The van der Waals surface area contributed by atoms with Crippen molar-refractivity contribution in [2.24, 2.45) is 5.73 Å². The molecule has 0 saturated heterocycles. The Morgan fingerprint density at radius 1 is 0.952 bits per heavy atom. The van der Waals surface area contributed by atoms with Crippen LogP contribution in [0.15, 0.2) is 60.7 Å². The summed E-state index contributed by atoms with van der Waals surface area (Å²) in [5, 5.41) is 0. The van der Waals surface area contributed by atoms with Crippen LogP contribution in [0.4, 0.5) is 0 Å². The molecule has 2 aromatic carbocycles. The van der Waals surface area contributed by atoms with Gasteiger partial charge in [-0.25, -0.2) is 0 Å². The van der Waals surface area contributed by atoms with Crippen LogP contribution in [0.2, 0.25) is 0 Å². The van der Waals surface area contributed by atoms with Crippen LogP contribution >= 0.6 is 0 Å². The van der Waals surface area contributed by atoms with Crippen molar-refractivity contribution in [2.45, 2.75) is 32.4 Å². The summed E-state index contributed by atoms with van der Waals surface area (Å²) < 4.78 is 0. The summed E-state index contributed by atoms with van der Waals surface area (Å²) in [7, 11) is 0. The molecule has 2 aromatic rings. The Labute approximate surface area is 128 Å². The zero-order valence-electron chi connectivity index (χ0n) is 12.9. The van der Waals surface area contributed by atoms with Gasteiger partial charge in [-0.2, -0.15) is 0 Å². The van der Waals surface area contributed by atoms with Crippen LogP contribution in [-0.2, 0) is 6.54 Å². The second-order valence-corrected chi connectivity index (χ2v) is 5.46. The molecular formula is C19H26N2. The molecular weight excluding hydrogens is 256 g/mol. The lowest BCUT2D eigenvalue weighted by Gasteiger charge is -2.32. The van der Waals surface area contributed by atoms with Crippen LogP contribution in [-0.4, -0.2) is 18.0 Å². The van der Waals surface area contributed by atoms with Gasteiger partial charge in [-0.05, 0) is 17.5 Å². The van der Waals surface area contributed by atoms with E-state index < -0.39 is 0 Å². The van der Waals surface area contributed by atoms with E-state index in [-0.39, 0.29) is 0 Å².